The van der Waals surface area contributed by atoms with Gasteiger partial charge in [0.15, 0.2) is 12.3 Å². The lowest BCUT2D eigenvalue weighted by molar-refractivity contribution is -0.442. The highest BCUT2D eigenvalue weighted by atomic mass is 32.2. The van der Waals surface area contributed by atoms with Crippen LogP contribution in [0, 0.1) is 0 Å². The molecule has 0 spiro atoms. The van der Waals surface area contributed by atoms with Gasteiger partial charge < -0.3 is 70.4 Å². The highest BCUT2D eigenvalue weighted by Crippen LogP contribution is 2.55. The lowest BCUT2D eigenvalue weighted by atomic mass is 9.75. The Kier molecular flexibility index (Phi) is 26.9. The van der Waals surface area contributed by atoms with E-state index in [1.807, 2.05) is 4.58 Å². The van der Waals surface area contributed by atoms with Gasteiger partial charge in [-0.15, -0.1) is 5.06 Å². The van der Waals surface area contributed by atoms with Crippen LogP contribution in [0.5, 0.6) is 0 Å². The van der Waals surface area contributed by atoms with Crippen LogP contribution < -0.4 is 4.90 Å². The number of rotatable bonds is 40. The molecule has 2 unspecified atom stereocenters. The van der Waals surface area contributed by atoms with E-state index in [4.69, 9.17) is 42.7 Å². The smallest absolute Gasteiger partial charge is 0.335 e. The molecule has 1 fully saturated rings. The first kappa shape index (κ1) is 77.0. The van der Waals surface area contributed by atoms with E-state index in [0.717, 1.165) is 30.3 Å². The molecule has 1 saturated heterocycles. The number of amides is 2. The number of benzene rings is 4. The molecule has 0 N–H and O–H groups in total. The molecule has 3 heterocycles. The number of carbonyl (C=O) groups is 3. The summed E-state index contributed by atoms with van der Waals surface area (Å²) in [5.41, 5.74) is -0.666. The number of imide groups is 1. The van der Waals surface area contributed by atoms with Gasteiger partial charge in [-0.3, -0.25) is 9.59 Å². The van der Waals surface area contributed by atoms with Gasteiger partial charge in [-0.1, -0.05) is 36.4 Å². The quantitative estimate of drug-likeness (QED) is 0.0202. The summed E-state index contributed by atoms with van der Waals surface area (Å²) in [5, 5.41) is -0.0811. The predicted octanol–water partition coefficient (Wildman–Crippen LogP) is 3.40. The predicted molar refractivity (Wildman–Crippen MR) is 336 cm³/mol. The number of carbonyl (C=O) groups excluding carboxylic acids is 3. The van der Waals surface area contributed by atoms with E-state index in [0.29, 0.717) is 53.6 Å². The number of hydroxylamine groups is 2. The van der Waals surface area contributed by atoms with Gasteiger partial charge in [-0.05, 0) is 97.3 Å². The van der Waals surface area contributed by atoms with Crippen LogP contribution in [0.25, 0.3) is 21.5 Å². The molecule has 0 bridgehead atoms. The summed E-state index contributed by atoms with van der Waals surface area (Å²) in [5.74, 6) is -2.88. The Bertz CT molecular complexity index is 4270. The Morgan fingerprint density at radius 1 is 0.542 bits per heavy atom. The van der Waals surface area contributed by atoms with Crippen LogP contribution in [-0.2, 0) is 119 Å². The van der Waals surface area contributed by atoms with E-state index < -0.39 is 105 Å². The number of nitrogens with zero attached hydrogens (tertiary/aromatic N) is 3. The second-order valence-electron chi connectivity index (χ2n) is 22.4. The Labute approximate surface area is 556 Å². The maximum atomic E-state index is 12.9. The van der Waals surface area contributed by atoms with Crippen molar-refractivity contribution in [1.82, 2.24) is 5.06 Å². The van der Waals surface area contributed by atoms with Gasteiger partial charge >= 0.3 is 5.97 Å². The van der Waals surface area contributed by atoms with E-state index in [2.05, 4.69) is 0 Å². The fourth-order valence-electron chi connectivity index (χ4n) is 11.6. The first-order chi connectivity index (χ1) is 45.3. The third kappa shape index (κ3) is 19.7. The number of hydrogen-bond donors (Lipinski definition) is 0. The number of ether oxygens (including phenoxy) is 8. The van der Waals surface area contributed by atoms with Crippen LogP contribution in [0.3, 0.4) is 0 Å². The van der Waals surface area contributed by atoms with Crippen molar-refractivity contribution < 1.29 is 127 Å². The van der Waals surface area contributed by atoms with Crippen molar-refractivity contribution in [2.45, 2.75) is 82.8 Å². The first-order valence-electron chi connectivity index (χ1n) is 29.9. The molecule has 0 saturated carbocycles. The summed E-state index contributed by atoms with van der Waals surface area (Å²) in [6.45, 7) is 5.35. The lowest BCUT2D eigenvalue weighted by Gasteiger charge is -2.31. The van der Waals surface area contributed by atoms with E-state index in [9.17, 15) is 79.2 Å². The van der Waals surface area contributed by atoms with Crippen molar-refractivity contribution in [3.63, 3.8) is 0 Å². The fourth-order valence-corrected chi connectivity index (χ4v) is 14.6. The zero-order valence-electron chi connectivity index (χ0n) is 52.8. The van der Waals surface area contributed by atoms with E-state index in [1.165, 1.54) is 13.2 Å². The van der Waals surface area contributed by atoms with E-state index >= 15 is 0 Å². The Morgan fingerprint density at radius 2 is 1.05 bits per heavy atom. The molecular weight excluding hydrogens is 1370 g/mol. The van der Waals surface area contributed by atoms with Crippen LogP contribution in [0.4, 0.5) is 11.4 Å². The Balaban J connectivity index is 1.22. The normalized spacial score (nSPS) is 18.5. The fraction of sp³-hybridized carbons (Fsp3) is 0.475. The minimum Gasteiger partial charge on any atom is -0.748 e. The molecule has 0 aliphatic carbocycles. The van der Waals surface area contributed by atoms with Crippen LogP contribution in [0.1, 0.15) is 63.5 Å². The number of anilines is 1. The topological polar surface area (TPSA) is 430 Å². The van der Waals surface area contributed by atoms with Crippen molar-refractivity contribution in [3.8, 4) is 0 Å². The maximum absolute atomic E-state index is 12.9. The highest BCUT2D eigenvalue weighted by molar-refractivity contribution is 7.87. The molecular formula is C61H73N3O27S5-4. The summed E-state index contributed by atoms with van der Waals surface area (Å²) in [6.07, 6.45) is 10.8. The van der Waals surface area contributed by atoms with Crippen molar-refractivity contribution in [3.05, 3.63) is 108 Å². The third-order valence-corrected chi connectivity index (χ3v) is 20.1. The van der Waals surface area contributed by atoms with Crippen molar-refractivity contribution in [1.29, 1.82) is 0 Å². The first-order valence-corrected chi connectivity index (χ1v) is 37.1. The number of allylic oxidation sites excluding steroid dienone is 8. The molecule has 7 rings (SSSR count). The van der Waals surface area contributed by atoms with E-state index in [-0.39, 0.29) is 157 Å². The van der Waals surface area contributed by atoms with Crippen LogP contribution in [0.2, 0.25) is 0 Å². The summed E-state index contributed by atoms with van der Waals surface area (Å²) in [4.78, 5) is 38.6. The molecule has 30 nitrogen and oxygen atoms in total. The van der Waals surface area contributed by atoms with Gasteiger partial charge in [0.25, 0.3) is 11.8 Å². The average molecular weight is 1440 g/mol. The molecule has 2 amide bonds. The van der Waals surface area contributed by atoms with Crippen LogP contribution in [-0.4, -0.2) is 224 Å². The highest BCUT2D eigenvalue weighted by Gasteiger charge is 2.49. The standard InChI is InChI=1S/C61H77N3O27S5/c1-60(20-10-38-92(68,69)70)53(63(22-26-83-3)50-42-52(96(80,81)82)45-14-13-43(93(71,72)73)39-47(45)59(50)60)11-8-6-5-7-9-12-54-61(2,21-25-86-31-34-90-37-36-88-29-28-84-4)58-48-40-44(94(74,75)76)41-51(95(77,78)79)46(48)15-16-49(58)62(54)23-27-87-32-35-89-33-30-85-24-19-57(67)91-64-55(65)17-18-56(64)66/h5-9,11-16,39-42H,10,17-38H2,1-4H3,(H4-,68,69,70,71,72,73,74,75,76,77,78,79,80,81,82)/p-4. The summed E-state index contributed by atoms with van der Waals surface area (Å²) in [7, 11) is -23.1. The SMILES string of the molecule is COCCOCCOCCOCCC1(C)C(/C=C/C=C/C=C/C=C2/N(CCOC)c3cc(S(=O)(=O)[O-])c4ccc(S(=O)(=O)[O-])cc4c3C2(C)CCCS(=O)(=O)[O-])=[N+](CCOCCOCCOCCC(=O)ON2C(=O)CCC2=O)c2ccc3c(S(=O)(=O)[O-])cc(S(=O)(=O)[O-])cc3c21. The van der Waals surface area contributed by atoms with Crippen molar-refractivity contribution in [2.75, 3.05) is 130 Å². The molecule has 35 heteroatoms. The number of fused-ring (bicyclic) bond motifs is 6. The number of methoxy groups -OCH3 is 2. The van der Waals surface area contributed by atoms with Crippen molar-refractivity contribution >= 4 is 107 Å². The molecule has 2 atom stereocenters. The van der Waals surface area contributed by atoms with Gasteiger partial charge in [0.05, 0.1) is 121 Å². The van der Waals surface area contributed by atoms with Gasteiger partial charge in [0.1, 0.15) is 47.1 Å². The van der Waals surface area contributed by atoms with Gasteiger partial charge in [-0.2, -0.15) is 4.58 Å². The van der Waals surface area contributed by atoms with Gasteiger partial charge in [0.2, 0.25) is 5.69 Å². The maximum Gasteiger partial charge on any atom is 0.335 e. The summed E-state index contributed by atoms with van der Waals surface area (Å²) < 4.78 is 235. The Hall–Kier alpha value is -6.33. The van der Waals surface area contributed by atoms with Crippen LogP contribution >= 0.6 is 0 Å². The number of hydrogen-bond acceptors (Lipinski definition) is 28. The summed E-state index contributed by atoms with van der Waals surface area (Å²) in [6, 6.07) is 8.39. The monoisotopic (exact) mass is 1440 g/mol. The largest absolute Gasteiger partial charge is 0.748 e. The minimum absolute atomic E-state index is 0.0000479. The molecule has 3 aliphatic heterocycles. The Morgan fingerprint density at radius 3 is 1.62 bits per heavy atom. The van der Waals surface area contributed by atoms with Gasteiger partial charge in [-0.25, -0.2) is 46.9 Å². The molecule has 0 radical (unpaired) electrons. The molecule has 4 aromatic carbocycles. The summed E-state index contributed by atoms with van der Waals surface area (Å²) >= 11 is 0. The molecule has 96 heavy (non-hydrogen) atoms. The molecule has 3 aliphatic rings. The molecule has 528 valence electrons. The molecule has 4 aromatic rings. The minimum atomic E-state index is -5.41. The zero-order valence-corrected chi connectivity index (χ0v) is 56.9. The second kappa shape index (κ2) is 33.5. The van der Waals surface area contributed by atoms with Gasteiger partial charge in [0, 0.05) is 85.9 Å². The second-order valence-corrected chi connectivity index (χ2v) is 29.4. The van der Waals surface area contributed by atoms with E-state index in [1.54, 1.807) is 74.5 Å². The zero-order chi connectivity index (χ0) is 70.3. The van der Waals surface area contributed by atoms with Crippen LogP contribution in [0.15, 0.2) is 116 Å². The third-order valence-electron chi connectivity index (χ3n) is 15.9. The van der Waals surface area contributed by atoms with Crippen molar-refractivity contribution in [2.24, 2.45) is 0 Å². The average Bonchev–Trinajstić information content (AvgIpc) is 1.53. The molecule has 0 aromatic heterocycles. The lowest BCUT2D eigenvalue weighted by Crippen LogP contribution is -2.33.